The average Bonchev–Trinajstić information content (AvgIpc) is 2.76. The standard InChI is InChI=1S/C14H18FNO3S/c1-11(7-8-12-5-2-3-6-13(12)15)14(17)16-9-4-10-20(16,18)19/h2-3,5-6,11H,4,7-10H2,1H3/t11-/m1/s1. The van der Waals surface area contributed by atoms with Crippen LogP contribution in [0.5, 0.6) is 0 Å². The van der Waals surface area contributed by atoms with Crippen molar-refractivity contribution in [2.45, 2.75) is 26.2 Å². The molecule has 6 heteroatoms. The quantitative estimate of drug-likeness (QED) is 0.854. The van der Waals surface area contributed by atoms with Crippen LogP contribution in [0.3, 0.4) is 0 Å². The van der Waals surface area contributed by atoms with Crippen LogP contribution in [-0.2, 0) is 21.2 Å². The van der Waals surface area contributed by atoms with E-state index in [4.69, 9.17) is 0 Å². The summed E-state index contributed by atoms with van der Waals surface area (Å²) >= 11 is 0. The van der Waals surface area contributed by atoms with Gasteiger partial charge in [-0.15, -0.1) is 0 Å². The third kappa shape index (κ3) is 3.17. The smallest absolute Gasteiger partial charge is 0.238 e. The van der Waals surface area contributed by atoms with Gasteiger partial charge >= 0.3 is 0 Å². The number of hydrogen-bond acceptors (Lipinski definition) is 3. The highest BCUT2D eigenvalue weighted by molar-refractivity contribution is 7.89. The number of nitrogens with zero attached hydrogens (tertiary/aromatic N) is 1. The predicted octanol–water partition coefficient (Wildman–Crippen LogP) is 1.96. The number of halogens is 1. The summed E-state index contributed by atoms with van der Waals surface area (Å²) in [5, 5.41) is 0. The minimum absolute atomic E-state index is 0.0404. The third-order valence-corrected chi connectivity index (χ3v) is 5.41. The summed E-state index contributed by atoms with van der Waals surface area (Å²) in [5.74, 6) is -1.05. The van der Waals surface area contributed by atoms with Crippen molar-refractivity contribution >= 4 is 15.9 Å². The molecular formula is C14H18FNO3S. The van der Waals surface area contributed by atoms with Crippen molar-refractivity contribution in [3.8, 4) is 0 Å². The average molecular weight is 299 g/mol. The van der Waals surface area contributed by atoms with Crippen LogP contribution < -0.4 is 0 Å². The van der Waals surface area contributed by atoms with Crippen LogP contribution in [0.4, 0.5) is 4.39 Å². The second-order valence-corrected chi connectivity index (χ2v) is 7.12. The summed E-state index contributed by atoms with van der Waals surface area (Å²) in [6, 6.07) is 6.42. The van der Waals surface area contributed by atoms with E-state index < -0.39 is 15.9 Å². The molecule has 0 unspecified atom stereocenters. The minimum atomic E-state index is -3.41. The lowest BCUT2D eigenvalue weighted by Gasteiger charge is -2.19. The molecule has 2 rings (SSSR count). The molecule has 0 saturated carbocycles. The van der Waals surface area contributed by atoms with Gasteiger partial charge in [-0.05, 0) is 30.9 Å². The molecule has 1 aliphatic rings. The SMILES string of the molecule is C[C@H](CCc1ccccc1F)C(=O)N1CCCS1(=O)=O. The highest BCUT2D eigenvalue weighted by atomic mass is 32.2. The van der Waals surface area contributed by atoms with Gasteiger partial charge in [0.15, 0.2) is 0 Å². The fraction of sp³-hybridized carbons (Fsp3) is 0.500. The number of sulfonamides is 1. The van der Waals surface area contributed by atoms with E-state index in [1.54, 1.807) is 25.1 Å². The van der Waals surface area contributed by atoms with Gasteiger partial charge in [0.2, 0.25) is 15.9 Å². The van der Waals surface area contributed by atoms with Crippen LogP contribution in [0.2, 0.25) is 0 Å². The first-order valence-corrected chi connectivity index (χ1v) is 8.30. The van der Waals surface area contributed by atoms with Crippen LogP contribution in [0.15, 0.2) is 24.3 Å². The molecule has 0 aliphatic carbocycles. The molecule has 0 N–H and O–H groups in total. The molecule has 1 saturated heterocycles. The molecular weight excluding hydrogens is 281 g/mol. The maximum Gasteiger partial charge on any atom is 0.238 e. The molecule has 1 amide bonds. The van der Waals surface area contributed by atoms with Gasteiger partial charge in [-0.1, -0.05) is 25.1 Å². The summed E-state index contributed by atoms with van der Waals surface area (Å²) < 4.78 is 37.8. The van der Waals surface area contributed by atoms with E-state index >= 15 is 0 Å². The number of carbonyl (C=O) groups excluding carboxylic acids is 1. The molecule has 110 valence electrons. The zero-order valence-electron chi connectivity index (χ0n) is 11.4. The second kappa shape index (κ2) is 5.91. The topological polar surface area (TPSA) is 54.5 Å². The maximum absolute atomic E-state index is 13.5. The Morgan fingerprint density at radius 3 is 2.70 bits per heavy atom. The highest BCUT2D eigenvalue weighted by Crippen LogP contribution is 2.20. The Morgan fingerprint density at radius 2 is 2.10 bits per heavy atom. The number of rotatable bonds is 4. The largest absolute Gasteiger partial charge is 0.274 e. The molecule has 1 heterocycles. The Bertz CT molecular complexity index is 600. The van der Waals surface area contributed by atoms with Crippen molar-refractivity contribution in [3.63, 3.8) is 0 Å². The Labute approximate surface area is 118 Å². The molecule has 1 aliphatic heterocycles. The fourth-order valence-electron chi connectivity index (χ4n) is 2.33. The summed E-state index contributed by atoms with van der Waals surface area (Å²) in [7, 11) is -3.41. The van der Waals surface area contributed by atoms with Gasteiger partial charge in [-0.25, -0.2) is 17.1 Å². The fourth-order valence-corrected chi connectivity index (χ4v) is 3.91. The molecule has 1 fully saturated rings. The number of carbonyl (C=O) groups is 1. The first kappa shape index (κ1) is 15.0. The van der Waals surface area contributed by atoms with Gasteiger partial charge in [-0.3, -0.25) is 4.79 Å². The molecule has 1 aromatic rings. The van der Waals surface area contributed by atoms with Crippen molar-refractivity contribution in [2.75, 3.05) is 12.3 Å². The van der Waals surface area contributed by atoms with Crippen molar-refractivity contribution < 1.29 is 17.6 Å². The van der Waals surface area contributed by atoms with E-state index in [0.29, 0.717) is 24.8 Å². The normalized spacial score (nSPS) is 19.0. The van der Waals surface area contributed by atoms with E-state index in [2.05, 4.69) is 0 Å². The number of aryl methyl sites for hydroxylation is 1. The summed E-state index contributed by atoms with van der Waals surface area (Å²) in [6.45, 7) is 1.96. The maximum atomic E-state index is 13.5. The van der Waals surface area contributed by atoms with Crippen molar-refractivity contribution in [2.24, 2.45) is 5.92 Å². The highest BCUT2D eigenvalue weighted by Gasteiger charge is 2.34. The van der Waals surface area contributed by atoms with Crippen LogP contribution >= 0.6 is 0 Å². The third-order valence-electron chi connectivity index (χ3n) is 3.57. The van der Waals surface area contributed by atoms with Crippen LogP contribution in [0, 0.1) is 11.7 Å². The van der Waals surface area contributed by atoms with Gasteiger partial charge in [-0.2, -0.15) is 0 Å². The Balaban J connectivity index is 1.97. The Hall–Kier alpha value is -1.43. The molecule has 4 nitrogen and oxygen atoms in total. The second-order valence-electron chi connectivity index (χ2n) is 5.11. The van der Waals surface area contributed by atoms with Crippen molar-refractivity contribution in [3.05, 3.63) is 35.6 Å². The first-order valence-electron chi connectivity index (χ1n) is 6.69. The molecule has 0 bridgehead atoms. The van der Waals surface area contributed by atoms with E-state index in [1.165, 1.54) is 6.07 Å². The van der Waals surface area contributed by atoms with Gasteiger partial charge < -0.3 is 0 Å². The van der Waals surface area contributed by atoms with Gasteiger partial charge in [0, 0.05) is 12.5 Å². The van der Waals surface area contributed by atoms with Crippen LogP contribution in [0.1, 0.15) is 25.3 Å². The number of amides is 1. The van der Waals surface area contributed by atoms with Crippen LogP contribution in [0.25, 0.3) is 0 Å². The van der Waals surface area contributed by atoms with Gasteiger partial charge in [0.1, 0.15) is 5.82 Å². The molecule has 0 spiro atoms. The molecule has 0 radical (unpaired) electrons. The predicted molar refractivity (Wildman–Crippen MR) is 74.0 cm³/mol. The monoisotopic (exact) mass is 299 g/mol. The summed E-state index contributed by atoms with van der Waals surface area (Å²) in [6.07, 6.45) is 1.35. The minimum Gasteiger partial charge on any atom is -0.274 e. The van der Waals surface area contributed by atoms with E-state index in [9.17, 15) is 17.6 Å². The molecule has 0 aromatic heterocycles. The lowest BCUT2D eigenvalue weighted by molar-refractivity contribution is -0.130. The Kier molecular flexibility index (Phi) is 4.42. The van der Waals surface area contributed by atoms with Gasteiger partial charge in [0.05, 0.1) is 5.75 Å². The van der Waals surface area contributed by atoms with E-state index in [1.807, 2.05) is 0 Å². The lowest BCUT2D eigenvalue weighted by Crippen LogP contribution is -2.36. The zero-order valence-corrected chi connectivity index (χ0v) is 12.2. The molecule has 1 aromatic carbocycles. The lowest BCUT2D eigenvalue weighted by atomic mass is 10.00. The van der Waals surface area contributed by atoms with Crippen molar-refractivity contribution in [1.82, 2.24) is 4.31 Å². The van der Waals surface area contributed by atoms with Gasteiger partial charge in [0.25, 0.3) is 0 Å². The first-order chi connectivity index (χ1) is 9.42. The van der Waals surface area contributed by atoms with E-state index in [0.717, 1.165) is 4.31 Å². The number of benzene rings is 1. The Morgan fingerprint density at radius 1 is 1.40 bits per heavy atom. The summed E-state index contributed by atoms with van der Waals surface area (Å²) in [4.78, 5) is 12.1. The zero-order chi connectivity index (χ0) is 14.8. The summed E-state index contributed by atoms with van der Waals surface area (Å²) in [5.41, 5.74) is 0.552. The van der Waals surface area contributed by atoms with Crippen LogP contribution in [-0.4, -0.2) is 30.9 Å². The number of hydrogen-bond donors (Lipinski definition) is 0. The van der Waals surface area contributed by atoms with Crippen molar-refractivity contribution in [1.29, 1.82) is 0 Å². The molecule has 20 heavy (non-hydrogen) atoms. The molecule has 1 atom stereocenters. The van der Waals surface area contributed by atoms with E-state index in [-0.39, 0.29) is 24.0 Å².